The fourth-order valence-corrected chi connectivity index (χ4v) is 4.15. The van der Waals surface area contributed by atoms with E-state index in [1.54, 1.807) is 18.2 Å². The highest BCUT2D eigenvalue weighted by Gasteiger charge is 2.18. The van der Waals surface area contributed by atoms with Gasteiger partial charge in [-0.3, -0.25) is 4.72 Å². The third kappa shape index (κ3) is 3.64. The fourth-order valence-electron chi connectivity index (χ4n) is 1.91. The minimum absolute atomic E-state index is 0.136. The van der Waals surface area contributed by atoms with Gasteiger partial charge in [-0.2, -0.15) is 0 Å². The van der Waals surface area contributed by atoms with Crippen LogP contribution in [0, 0.1) is 13.8 Å². The monoisotopic (exact) mass is 369 g/mol. The summed E-state index contributed by atoms with van der Waals surface area (Å²) < 4.78 is 28.0. The predicted molar refractivity (Wildman–Crippen MR) is 86.8 cm³/mol. The van der Waals surface area contributed by atoms with E-state index >= 15 is 0 Å². The first kappa shape index (κ1) is 16.0. The number of aryl methyl sites for hydroxylation is 2. The second kappa shape index (κ2) is 6.17. The Bertz CT molecular complexity index is 772. The van der Waals surface area contributed by atoms with Crippen molar-refractivity contribution < 1.29 is 13.5 Å². The second-order valence-corrected chi connectivity index (χ2v) is 7.35. The van der Waals surface area contributed by atoms with Gasteiger partial charge in [0.1, 0.15) is 4.90 Å². The van der Waals surface area contributed by atoms with Gasteiger partial charge in [0.15, 0.2) is 0 Å². The first-order valence-corrected chi connectivity index (χ1v) is 8.60. The molecule has 0 radical (unpaired) electrons. The molecule has 4 nitrogen and oxygen atoms in total. The van der Waals surface area contributed by atoms with Crippen molar-refractivity contribution in [3.63, 3.8) is 0 Å². The van der Waals surface area contributed by atoms with Crippen molar-refractivity contribution in [3.8, 4) is 0 Å². The first-order chi connectivity index (χ1) is 9.83. The molecule has 2 rings (SSSR count). The summed E-state index contributed by atoms with van der Waals surface area (Å²) >= 11 is 3.24. The normalized spacial score (nSPS) is 11.4. The van der Waals surface area contributed by atoms with Crippen LogP contribution >= 0.6 is 15.9 Å². The van der Waals surface area contributed by atoms with Crippen LogP contribution in [0.4, 0.5) is 5.69 Å². The number of aliphatic hydroxyl groups excluding tert-OH is 1. The van der Waals surface area contributed by atoms with E-state index in [1.807, 2.05) is 26.0 Å². The van der Waals surface area contributed by atoms with Crippen LogP contribution in [0.3, 0.4) is 0 Å². The summed E-state index contributed by atoms with van der Waals surface area (Å²) in [6.45, 7) is 3.62. The molecule has 0 aliphatic carbocycles. The fraction of sp³-hybridized carbons (Fsp3) is 0.200. The molecule has 0 aliphatic heterocycles. The lowest BCUT2D eigenvalue weighted by Crippen LogP contribution is -2.14. The lowest BCUT2D eigenvalue weighted by molar-refractivity contribution is 0.281. The largest absolute Gasteiger partial charge is 0.392 e. The van der Waals surface area contributed by atoms with Gasteiger partial charge in [0.25, 0.3) is 10.0 Å². The zero-order chi connectivity index (χ0) is 15.6. The predicted octanol–water partition coefficient (Wildman–Crippen LogP) is 3.36. The van der Waals surface area contributed by atoms with E-state index in [1.165, 1.54) is 6.07 Å². The van der Waals surface area contributed by atoms with Crippen molar-refractivity contribution in [2.45, 2.75) is 25.3 Å². The molecule has 2 N–H and O–H groups in total. The Morgan fingerprint density at radius 2 is 1.86 bits per heavy atom. The number of benzene rings is 2. The standard InChI is InChI=1S/C15H16BrNO3S/c1-10-3-4-11(2)14(7-10)17-21(19,20)15-6-5-12(9-18)8-13(15)16/h3-8,17-18H,9H2,1-2H3. The van der Waals surface area contributed by atoms with Crippen molar-refractivity contribution in [1.29, 1.82) is 0 Å². The van der Waals surface area contributed by atoms with Crippen molar-refractivity contribution in [3.05, 3.63) is 57.6 Å². The Labute approximate surface area is 133 Å². The summed E-state index contributed by atoms with van der Waals surface area (Å²) in [6.07, 6.45) is 0. The molecule has 0 saturated heterocycles. The van der Waals surface area contributed by atoms with Crippen LogP contribution in [0.2, 0.25) is 0 Å². The molecule has 6 heteroatoms. The van der Waals surface area contributed by atoms with Crippen LogP contribution in [0.25, 0.3) is 0 Å². The average Bonchev–Trinajstić information content (AvgIpc) is 2.42. The number of hydrogen-bond donors (Lipinski definition) is 2. The molecule has 2 aromatic carbocycles. The molecule has 0 heterocycles. The van der Waals surface area contributed by atoms with E-state index in [4.69, 9.17) is 5.11 Å². The Morgan fingerprint density at radius 3 is 2.48 bits per heavy atom. The molecule has 0 saturated carbocycles. The van der Waals surface area contributed by atoms with Gasteiger partial charge in [-0.1, -0.05) is 18.2 Å². The smallest absolute Gasteiger partial charge is 0.263 e. The van der Waals surface area contributed by atoms with Crippen LogP contribution in [-0.4, -0.2) is 13.5 Å². The van der Waals surface area contributed by atoms with E-state index in [0.717, 1.165) is 11.1 Å². The maximum absolute atomic E-state index is 12.5. The summed E-state index contributed by atoms with van der Waals surface area (Å²) in [5, 5.41) is 9.07. The molecular formula is C15H16BrNO3S. The number of nitrogens with one attached hydrogen (secondary N) is 1. The summed E-state index contributed by atoms with van der Waals surface area (Å²) in [7, 11) is -3.69. The zero-order valence-electron chi connectivity index (χ0n) is 11.7. The van der Waals surface area contributed by atoms with Crippen LogP contribution in [0.15, 0.2) is 45.8 Å². The van der Waals surface area contributed by atoms with Crippen molar-refractivity contribution in [1.82, 2.24) is 0 Å². The number of anilines is 1. The van der Waals surface area contributed by atoms with Gasteiger partial charge in [-0.15, -0.1) is 0 Å². The highest BCUT2D eigenvalue weighted by atomic mass is 79.9. The highest BCUT2D eigenvalue weighted by Crippen LogP contribution is 2.27. The molecule has 21 heavy (non-hydrogen) atoms. The maximum Gasteiger partial charge on any atom is 0.263 e. The molecule has 112 valence electrons. The maximum atomic E-state index is 12.5. The zero-order valence-corrected chi connectivity index (χ0v) is 14.1. The van der Waals surface area contributed by atoms with Crippen molar-refractivity contribution in [2.24, 2.45) is 0 Å². The second-order valence-electron chi connectivity index (χ2n) is 4.85. The highest BCUT2D eigenvalue weighted by molar-refractivity contribution is 9.10. The Morgan fingerprint density at radius 1 is 1.14 bits per heavy atom. The van der Waals surface area contributed by atoms with E-state index in [0.29, 0.717) is 15.7 Å². The molecule has 0 aromatic heterocycles. The van der Waals surface area contributed by atoms with Gasteiger partial charge in [0.05, 0.1) is 12.3 Å². The average molecular weight is 370 g/mol. The molecule has 0 atom stereocenters. The van der Waals surface area contributed by atoms with Gasteiger partial charge in [-0.05, 0) is 64.7 Å². The molecule has 0 amide bonds. The SMILES string of the molecule is Cc1ccc(C)c(NS(=O)(=O)c2ccc(CO)cc2Br)c1. The Hall–Kier alpha value is -1.37. The number of hydrogen-bond acceptors (Lipinski definition) is 3. The van der Waals surface area contributed by atoms with E-state index in [-0.39, 0.29) is 11.5 Å². The topological polar surface area (TPSA) is 66.4 Å². The minimum atomic E-state index is -3.69. The van der Waals surface area contributed by atoms with Crippen LogP contribution < -0.4 is 4.72 Å². The van der Waals surface area contributed by atoms with Crippen LogP contribution in [0.5, 0.6) is 0 Å². The van der Waals surface area contributed by atoms with Gasteiger partial charge >= 0.3 is 0 Å². The van der Waals surface area contributed by atoms with E-state index < -0.39 is 10.0 Å². The molecule has 0 spiro atoms. The number of sulfonamides is 1. The molecule has 0 bridgehead atoms. The van der Waals surface area contributed by atoms with E-state index in [2.05, 4.69) is 20.7 Å². The molecule has 0 unspecified atom stereocenters. The lowest BCUT2D eigenvalue weighted by Gasteiger charge is -2.13. The van der Waals surface area contributed by atoms with Gasteiger partial charge in [0.2, 0.25) is 0 Å². The molecule has 0 aliphatic rings. The molecule has 0 fully saturated rings. The van der Waals surface area contributed by atoms with Gasteiger partial charge in [-0.25, -0.2) is 8.42 Å². The van der Waals surface area contributed by atoms with Crippen LogP contribution in [0.1, 0.15) is 16.7 Å². The van der Waals surface area contributed by atoms with Crippen molar-refractivity contribution >= 4 is 31.6 Å². The third-order valence-electron chi connectivity index (χ3n) is 3.11. The van der Waals surface area contributed by atoms with Gasteiger partial charge in [0, 0.05) is 4.47 Å². The Kier molecular flexibility index (Phi) is 4.70. The summed E-state index contributed by atoms with van der Waals surface area (Å²) in [4.78, 5) is 0.139. The van der Waals surface area contributed by atoms with Crippen molar-refractivity contribution in [2.75, 3.05) is 4.72 Å². The lowest BCUT2D eigenvalue weighted by atomic mass is 10.1. The summed E-state index contributed by atoms with van der Waals surface area (Å²) in [6, 6.07) is 10.3. The number of rotatable bonds is 4. The van der Waals surface area contributed by atoms with E-state index in [9.17, 15) is 8.42 Å². The third-order valence-corrected chi connectivity index (χ3v) is 5.45. The Balaban J connectivity index is 2.41. The molecule has 2 aromatic rings. The number of aliphatic hydroxyl groups is 1. The minimum Gasteiger partial charge on any atom is -0.392 e. The first-order valence-electron chi connectivity index (χ1n) is 6.33. The van der Waals surface area contributed by atoms with Crippen LogP contribution in [-0.2, 0) is 16.6 Å². The quantitative estimate of drug-likeness (QED) is 0.867. The number of halogens is 1. The summed E-state index contributed by atoms with van der Waals surface area (Å²) in [5.74, 6) is 0. The molecular weight excluding hydrogens is 354 g/mol. The summed E-state index contributed by atoms with van der Waals surface area (Å²) in [5.41, 5.74) is 3.04. The van der Waals surface area contributed by atoms with Gasteiger partial charge < -0.3 is 5.11 Å².